The van der Waals surface area contributed by atoms with E-state index in [1.807, 2.05) is 48.5 Å². The fourth-order valence-corrected chi connectivity index (χ4v) is 8.00. The first-order valence-electron chi connectivity index (χ1n) is 16.3. The average molecular weight is 719 g/mol. The van der Waals surface area contributed by atoms with Crippen LogP contribution in [-0.4, -0.2) is 25.5 Å². The first kappa shape index (κ1) is 34.1. The van der Waals surface area contributed by atoms with Crippen LogP contribution in [-0.2, 0) is 25.5 Å². The Hall–Kier alpha value is -6.32. The second-order valence-corrected chi connectivity index (χ2v) is 13.7. The van der Waals surface area contributed by atoms with Crippen LogP contribution in [0.4, 0.5) is 0 Å². The number of aryl methyl sites for hydroxylation is 1. The van der Waals surface area contributed by atoms with Crippen molar-refractivity contribution in [2.45, 2.75) is 13.3 Å². The third kappa shape index (κ3) is 7.55. The molecular formula is C44H30O6S2. The van der Waals surface area contributed by atoms with Crippen LogP contribution in [0.5, 0.6) is 11.5 Å². The Morgan fingerprint density at radius 1 is 0.577 bits per heavy atom. The summed E-state index contributed by atoms with van der Waals surface area (Å²) < 4.78 is 25.4. The molecule has 0 amide bonds. The van der Waals surface area contributed by atoms with Crippen LogP contribution in [0.25, 0.3) is 40.3 Å². The summed E-state index contributed by atoms with van der Waals surface area (Å²) in [4.78, 5) is 22.6. The lowest BCUT2D eigenvalue weighted by atomic mass is 10.0. The summed E-state index contributed by atoms with van der Waals surface area (Å²) >= 11 is 3.33. The van der Waals surface area contributed by atoms with E-state index in [0.717, 1.165) is 86.7 Å². The summed E-state index contributed by atoms with van der Waals surface area (Å²) in [7, 11) is 0. The van der Waals surface area contributed by atoms with Gasteiger partial charge in [0.1, 0.15) is 11.5 Å². The summed E-state index contributed by atoms with van der Waals surface area (Å²) in [6, 6.07) is 30.4. The first-order chi connectivity index (χ1) is 25.4. The molecule has 0 N–H and O–H groups in total. The zero-order chi connectivity index (χ0) is 36.0. The Morgan fingerprint density at radius 2 is 1.00 bits per heavy atom. The van der Waals surface area contributed by atoms with Crippen molar-refractivity contribution in [3.8, 4) is 35.2 Å². The van der Waals surface area contributed by atoms with Gasteiger partial charge < -0.3 is 18.9 Å². The highest BCUT2D eigenvalue weighted by Crippen LogP contribution is 2.37. The van der Waals surface area contributed by atoms with Gasteiger partial charge in [-0.15, -0.1) is 22.7 Å². The molecule has 6 nitrogen and oxygen atoms in total. The van der Waals surface area contributed by atoms with Crippen molar-refractivity contribution >= 4 is 75.0 Å². The van der Waals surface area contributed by atoms with E-state index in [-0.39, 0.29) is 13.6 Å². The molecule has 2 aromatic heterocycles. The Morgan fingerprint density at radius 3 is 1.48 bits per heavy atom. The van der Waals surface area contributed by atoms with E-state index in [1.165, 1.54) is 0 Å². The molecule has 8 heteroatoms. The number of benzene rings is 5. The van der Waals surface area contributed by atoms with E-state index in [2.05, 4.69) is 86.2 Å². The molecule has 0 fully saturated rings. The Bertz CT molecular complexity index is 2670. The molecule has 0 aliphatic carbocycles. The van der Waals surface area contributed by atoms with E-state index >= 15 is 0 Å². The molecule has 0 bridgehead atoms. The molecule has 5 aromatic carbocycles. The highest BCUT2D eigenvalue weighted by Gasteiger charge is 2.10. The smallest absolute Gasteiger partial charge is 0.333 e. The largest absolute Gasteiger partial charge is 0.457 e. The van der Waals surface area contributed by atoms with E-state index in [4.69, 9.17) is 18.9 Å². The monoisotopic (exact) mass is 718 g/mol. The zero-order valence-corrected chi connectivity index (χ0v) is 29.7. The minimum absolute atomic E-state index is 0.169. The van der Waals surface area contributed by atoms with Crippen LogP contribution in [0.1, 0.15) is 34.7 Å². The van der Waals surface area contributed by atoms with E-state index in [9.17, 15) is 9.59 Å². The quantitative estimate of drug-likeness (QED) is 0.0641. The highest BCUT2D eigenvalue weighted by atomic mass is 32.1. The van der Waals surface area contributed by atoms with Crippen LogP contribution >= 0.6 is 22.7 Å². The molecule has 0 saturated carbocycles. The maximum absolute atomic E-state index is 11.3. The topological polar surface area (TPSA) is 71.1 Å². The van der Waals surface area contributed by atoms with Gasteiger partial charge >= 0.3 is 11.9 Å². The molecule has 0 aliphatic heterocycles. The van der Waals surface area contributed by atoms with Crippen LogP contribution in [0.2, 0.25) is 0 Å². The number of ether oxygens (including phenoxy) is 4. The number of hydrogen-bond donors (Lipinski definition) is 0. The van der Waals surface area contributed by atoms with Crippen molar-refractivity contribution in [2.75, 3.05) is 13.6 Å². The van der Waals surface area contributed by atoms with Gasteiger partial charge in [0.2, 0.25) is 13.6 Å². The molecule has 7 rings (SSSR count). The number of fused-ring (bicyclic) bond motifs is 6. The van der Waals surface area contributed by atoms with Gasteiger partial charge in [-0.1, -0.05) is 55.9 Å². The lowest BCUT2D eigenvalue weighted by molar-refractivity contribution is -0.145. The lowest BCUT2D eigenvalue weighted by Crippen LogP contribution is -2.07. The van der Waals surface area contributed by atoms with Crippen molar-refractivity contribution in [1.82, 2.24) is 0 Å². The van der Waals surface area contributed by atoms with E-state index in [1.54, 1.807) is 22.7 Å². The minimum atomic E-state index is -0.526. The zero-order valence-electron chi connectivity index (χ0n) is 28.1. The fraction of sp³-hybridized carbons (Fsp3) is 0.0909. The Balaban J connectivity index is 1.06. The normalized spacial score (nSPS) is 10.6. The van der Waals surface area contributed by atoms with Crippen LogP contribution in [0.15, 0.2) is 116 Å². The third-order valence-electron chi connectivity index (χ3n) is 8.26. The molecule has 0 unspecified atom stereocenters. The van der Waals surface area contributed by atoms with Crippen molar-refractivity contribution < 1.29 is 28.5 Å². The predicted octanol–water partition coefficient (Wildman–Crippen LogP) is 9.92. The van der Waals surface area contributed by atoms with Gasteiger partial charge in [0.25, 0.3) is 0 Å². The van der Waals surface area contributed by atoms with Crippen LogP contribution < -0.4 is 9.47 Å². The Kier molecular flexibility index (Phi) is 10.0. The van der Waals surface area contributed by atoms with Gasteiger partial charge in [0.05, 0.1) is 0 Å². The lowest BCUT2D eigenvalue weighted by Gasteiger charge is -2.05. The fourth-order valence-electron chi connectivity index (χ4n) is 5.65. The molecule has 0 radical (unpaired) electrons. The average Bonchev–Trinajstić information content (AvgIpc) is 3.72. The van der Waals surface area contributed by atoms with Crippen molar-refractivity contribution in [3.63, 3.8) is 0 Å². The molecule has 7 aromatic rings. The number of esters is 2. The maximum atomic E-state index is 11.3. The predicted molar refractivity (Wildman–Crippen MR) is 210 cm³/mol. The first-order valence-corrected chi connectivity index (χ1v) is 18.0. The second-order valence-electron chi connectivity index (χ2n) is 11.5. The molecule has 0 aliphatic rings. The van der Waals surface area contributed by atoms with Gasteiger partial charge in [-0.2, -0.15) is 0 Å². The SMILES string of the molecule is C=CC(=O)OCOc1ccc2c(c1)sc1cc(C#Cc3ccc(C#Cc4ccc5c(c4)sc4cc(OCOC(=O)C=C)ccc45)c(CC)c3)ccc12. The Labute approximate surface area is 308 Å². The number of carbonyl (C=O) groups excluding carboxylic acids is 2. The molecule has 52 heavy (non-hydrogen) atoms. The molecule has 2 heterocycles. The summed E-state index contributed by atoms with van der Waals surface area (Å²) in [5.74, 6) is 13.6. The third-order valence-corrected chi connectivity index (χ3v) is 10.5. The van der Waals surface area contributed by atoms with Crippen molar-refractivity contribution in [1.29, 1.82) is 0 Å². The van der Waals surface area contributed by atoms with Gasteiger partial charge in [-0.05, 0) is 90.8 Å². The van der Waals surface area contributed by atoms with Crippen molar-refractivity contribution in [2.24, 2.45) is 0 Å². The van der Waals surface area contributed by atoms with Crippen molar-refractivity contribution in [3.05, 3.63) is 144 Å². The second kappa shape index (κ2) is 15.3. The summed E-state index contributed by atoms with van der Waals surface area (Å²) in [5.41, 5.74) is 4.94. The molecular weight excluding hydrogens is 689 g/mol. The van der Waals surface area contributed by atoms with Gasteiger partial charge in [-0.25, -0.2) is 9.59 Å². The van der Waals surface area contributed by atoms with E-state index < -0.39 is 11.9 Å². The molecule has 0 saturated heterocycles. The van der Waals surface area contributed by atoms with E-state index in [0.29, 0.717) is 11.5 Å². The van der Waals surface area contributed by atoms with Crippen LogP contribution in [0, 0.1) is 23.7 Å². The number of thiophene rings is 2. The number of hydrogen-bond acceptors (Lipinski definition) is 8. The molecule has 254 valence electrons. The molecule has 0 spiro atoms. The summed E-state index contributed by atoms with van der Waals surface area (Å²) in [6.45, 7) is 8.56. The number of rotatable bonds is 9. The minimum Gasteiger partial charge on any atom is -0.457 e. The number of carbonyl (C=O) groups is 2. The van der Waals surface area contributed by atoms with Gasteiger partial charge in [0, 0.05) is 74.8 Å². The molecule has 0 atom stereocenters. The maximum Gasteiger partial charge on any atom is 0.333 e. The standard InChI is InChI=1S/C44H30O6S2/c1-4-31-21-28(7-8-29-11-17-35-37-19-15-33(47-26-49-43(45)5-2)24-41(37)51-39(35)22-29)9-13-32(31)14-10-30-12-18-36-38-20-16-34(48-27-50-44(46)6-3)25-42(38)52-40(36)23-30/h5-6,9,11-13,15-25H,2-4,26-27H2,1H3. The summed E-state index contributed by atoms with van der Waals surface area (Å²) in [5, 5.41) is 4.58. The van der Waals surface area contributed by atoms with Crippen LogP contribution in [0.3, 0.4) is 0 Å². The highest BCUT2D eigenvalue weighted by molar-refractivity contribution is 7.26. The van der Waals surface area contributed by atoms with Gasteiger partial charge in [-0.3, -0.25) is 0 Å². The summed E-state index contributed by atoms with van der Waals surface area (Å²) in [6.07, 6.45) is 3.04. The van der Waals surface area contributed by atoms with Gasteiger partial charge in [0.15, 0.2) is 0 Å².